The van der Waals surface area contributed by atoms with Gasteiger partial charge in [-0.2, -0.15) is 21.6 Å². The van der Waals surface area contributed by atoms with Crippen molar-refractivity contribution in [1.29, 1.82) is 0 Å². The van der Waals surface area contributed by atoms with Crippen LogP contribution in [0.3, 0.4) is 0 Å². The molecule has 14 heteroatoms. The summed E-state index contributed by atoms with van der Waals surface area (Å²) >= 11 is 0. The number of ether oxygens (including phenoxy) is 3. The number of fused-ring (bicyclic) bond motifs is 2. The number of carbonyl (C=O) groups excluding carboxylic acids is 3. The van der Waals surface area contributed by atoms with E-state index in [1.165, 1.54) is 13.8 Å². The first-order valence-corrected chi connectivity index (χ1v) is 11.5. The second-order valence-electron chi connectivity index (χ2n) is 8.46. The zero-order valence-corrected chi connectivity index (χ0v) is 19.5. The molecule has 0 spiro atoms. The molecule has 1 fully saturated rings. The molecule has 3 atom stereocenters. The van der Waals surface area contributed by atoms with Gasteiger partial charge in [-0.25, -0.2) is 14.4 Å². The molecule has 2 rings (SSSR count). The summed E-state index contributed by atoms with van der Waals surface area (Å²) < 4.78 is 81.4. The number of carbonyl (C=O) groups is 3. The summed E-state index contributed by atoms with van der Waals surface area (Å²) in [6.07, 6.45) is -2.42. The molecular weight excluding hydrogens is 475 g/mol. The molecule has 0 N–H and O–H groups in total. The van der Waals surface area contributed by atoms with Crippen molar-refractivity contribution in [2.24, 2.45) is 0 Å². The molecule has 2 heterocycles. The molecule has 33 heavy (non-hydrogen) atoms. The third-order valence-electron chi connectivity index (χ3n) is 4.78. The Morgan fingerprint density at radius 1 is 1.15 bits per heavy atom. The molecule has 10 nitrogen and oxygen atoms in total. The van der Waals surface area contributed by atoms with Gasteiger partial charge in [0, 0.05) is 12.5 Å². The summed E-state index contributed by atoms with van der Waals surface area (Å²) in [6.45, 7) is 7.49. The van der Waals surface area contributed by atoms with Crippen LogP contribution < -0.4 is 0 Å². The molecule has 188 valence electrons. The lowest BCUT2D eigenvalue weighted by molar-refractivity contribution is -0.164. The van der Waals surface area contributed by atoms with E-state index in [9.17, 15) is 36.0 Å². The van der Waals surface area contributed by atoms with Crippen LogP contribution in [0.2, 0.25) is 0 Å². The number of halogens is 3. The van der Waals surface area contributed by atoms with Crippen LogP contribution in [0, 0.1) is 0 Å². The average Bonchev–Trinajstić information content (AvgIpc) is 2.94. The average molecular weight is 501 g/mol. The van der Waals surface area contributed by atoms with Crippen molar-refractivity contribution in [3.05, 3.63) is 11.3 Å². The molecule has 0 aromatic rings. The van der Waals surface area contributed by atoms with Gasteiger partial charge in [0.2, 0.25) is 0 Å². The molecule has 1 saturated heterocycles. The van der Waals surface area contributed by atoms with Gasteiger partial charge in [-0.05, 0) is 47.5 Å². The molecule has 2 aliphatic heterocycles. The minimum Gasteiger partial charge on any atom is -0.463 e. The quantitative estimate of drug-likeness (QED) is 0.234. The van der Waals surface area contributed by atoms with E-state index in [2.05, 4.69) is 4.18 Å². The van der Waals surface area contributed by atoms with Crippen molar-refractivity contribution < 1.29 is 54.4 Å². The molecular formula is C19H26F3NO9S. The summed E-state index contributed by atoms with van der Waals surface area (Å²) in [5, 5.41) is 0. The molecule has 1 amide bonds. The van der Waals surface area contributed by atoms with Gasteiger partial charge >= 0.3 is 33.7 Å². The van der Waals surface area contributed by atoms with E-state index < -0.39 is 75.2 Å². The highest BCUT2D eigenvalue weighted by Crippen LogP contribution is 2.42. The fourth-order valence-electron chi connectivity index (χ4n) is 3.51. The van der Waals surface area contributed by atoms with Gasteiger partial charge in [0.05, 0.1) is 18.2 Å². The number of hydrogen-bond acceptors (Lipinski definition) is 9. The standard InChI is InChI=1S/C19H26F3NO9S/c1-6-29-15(24)10(2)30-16(25)14-12-8-7-11(23(12)17(26)31-18(3,4)5)9-13(14)32-33(27,28)19(20,21)22/h10-12H,6-9H2,1-5H3/t10-,11-,12+/m0/s1. The summed E-state index contributed by atoms with van der Waals surface area (Å²) in [7, 11) is -6.09. The van der Waals surface area contributed by atoms with Gasteiger partial charge in [0.25, 0.3) is 0 Å². The Balaban J connectivity index is 2.47. The zero-order valence-electron chi connectivity index (χ0n) is 18.7. The number of hydrogen-bond donors (Lipinski definition) is 0. The van der Waals surface area contributed by atoms with Gasteiger partial charge in [-0.15, -0.1) is 0 Å². The number of rotatable bonds is 6. The molecule has 0 aliphatic carbocycles. The molecule has 0 saturated carbocycles. The fraction of sp³-hybridized carbons (Fsp3) is 0.737. The summed E-state index contributed by atoms with van der Waals surface area (Å²) in [4.78, 5) is 38.6. The predicted octanol–water partition coefficient (Wildman–Crippen LogP) is 2.77. The molecule has 0 radical (unpaired) electrons. The van der Waals surface area contributed by atoms with Crippen LogP contribution in [0.25, 0.3) is 0 Å². The van der Waals surface area contributed by atoms with Crippen LogP contribution in [-0.4, -0.2) is 67.3 Å². The van der Waals surface area contributed by atoms with Crippen molar-refractivity contribution >= 4 is 28.1 Å². The normalized spacial score (nSPS) is 22.0. The maximum Gasteiger partial charge on any atom is 0.534 e. The van der Waals surface area contributed by atoms with Gasteiger partial charge in [-0.1, -0.05) is 0 Å². The first-order chi connectivity index (χ1) is 15.0. The largest absolute Gasteiger partial charge is 0.534 e. The lowest BCUT2D eigenvalue weighted by Gasteiger charge is -2.37. The maximum atomic E-state index is 12.9. The first-order valence-electron chi connectivity index (χ1n) is 10.1. The maximum absolute atomic E-state index is 12.9. The zero-order chi connectivity index (χ0) is 25.4. The predicted molar refractivity (Wildman–Crippen MR) is 105 cm³/mol. The lowest BCUT2D eigenvalue weighted by atomic mass is 10.00. The van der Waals surface area contributed by atoms with Crippen molar-refractivity contribution in [3.63, 3.8) is 0 Å². The third-order valence-corrected chi connectivity index (χ3v) is 5.77. The number of alkyl halides is 3. The highest BCUT2D eigenvalue weighted by Gasteiger charge is 2.53. The van der Waals surface area contributed by atoms with E-state index in [1.807, 2.05) is 0 Å². The van der Waals surface area contributed by atoms with Gasteiger partial charge < -0.3 is 18.4 Å². The summed E-state index contributed by atoms with van der Waals surface area (Å²) in [5.41, 5.74) is -7.25. The van der Waals surface area contributed by atoms with E-state index in [4.69, 9.17) is 14.2 Å². The highest BCUT2D eigenvalue weighted by molar-refractivity contribution is 7.87. The Bertz CT molecular complexity index is 937. The molecule has 2 aliphatic rings. The molecule has 2 bridgehead atoms. The molecule has 0 aromatic heterocycles. The van der Waals surface area contributed by atoms with Crippen LogP contribution in [0.5, 0.6) is 0 Å². The Morgan fingerprint density at radius 2 is 1.76 bits per heavy atom. The topological polar surface area (TPSA) is 126 Å². The van der Waals surface area contributed by atoms with Crippen LogP contribution in [0.4, 0.5) is 18.0 Å². The molecule has 0 aromatic carbocycles. The van der Waals surface area contributed by atoms with Crippen LogP contribution in [0.1, 0.15) is 53.9 Å². The molecule has 0 unspecified atom stereocenters. The Hall–Kier alpha value is -2.51. The smallest absolute Gasteiger partial charge is 0.463 e. The fourth-order valence-corrected chi connectivity index (χ4v) is 4.02. The van der Waals surface area contributed by atoms with Crippen molar-refractivity contribution in [2.45, 2.75) is 83.2 Å². The minimum atomic E-state index is -6.09. The highest BCUT2D eigenvalue weighted by atomic mass is 32.2. The third kappa shape index (κ3) is 6.09. The second-order valence-corrected chi connectivity index (χ2v) is 10.00. The number of amides is 1. The monoisotopic (exact) mass is 501 g/mol. The summed E-state index contributed by atoms with van der Waals surface area (Å²) in [6, 6.07) is -1.93. The van der Waals surface area contributed by atoms with Gasteiger partial charge in [-0.3, -0.25) is 4.90 Å². The SMILES string of the molecule is CCOC(=O)[C@H](C)OC(=O)C1=C(OS(=O)(=O)C(F)(F)F)C[C@@H]2CC[C@H]1N2C(=O)OC(C)(C)C. The Morgan fingerprint density at radius 3 is 2.27 bits per heavy atom. The number of nitrogens with zero attached hydrogens (tertiary/aromatic N) is 1. The van der Waals surface area contributed by atoms with E-state index in [1.54, 1.807) is 20.8 Å². The van der Waals surface area contributed by atoms with E-state index in [0.717, 1.165) is 4.90 Å². The van der Waals surface area contributed by atoms with Crippen LogP contribution in [-0.2, 0) is 38.1 Å². The van der Waals surface area contributed by atoms with Gasteiger partial charge in [0.1, 0.15) is 11.4 Å². The number of esters is 2. The van der Waals surface area contributed by atoms with Crippen molar-refractivity contribution in [2.75, 3.05) is 6.61 Å². The summed E-state index contributed by atoms with van der Waals surface area (Å²) in [5.74, 6) is -3.01. The van der Waals surface area contributed by atoms with Gasteiger partial charge in [0.15, 0.2) is 6.10 Å². The Kier molecular flexibility index (Phi) is 7.61. The minimum absolute atomic E-state index is 0.0155. The first kappa shape index (κ1) is 26.7. The Labute approximate surface area is 189 Å². The van der Waals surface area contributed by atoms with Crippen molar-refractivity contribution in [3.8, 4) is 0 Å². The van der Waals surface area contributed by atoms with E-state index in [-0.39, 0.29) is 19.4 Å². The van der Waals surface area contributed by atoms with Crippen LogP contribution in [0.15, 0.2) is 11.3 Å². The van der Waals surface area contributed by atoms with E-state index >= 15 is 0 Å². The van der Waals surface area contributed by atoms with Crippen molar-refractivity contribution in [1.82, 2.24) is 4.90 Å². The van der Waals surface area contributed by atoms with E-state index in [0.29, 0.717) is 0 Å². The van der Waals surface area contributed by atoms with Crippen LogP contribution >= 0.6 is 0 Å². The lowest BCUT2D eigenvalue weighted by Crippen LogP contribution is -2.49. The second kappa shape index (κ2) is 9.39.